The lowest BCUT2D eigenvalue weighted by Crippen LogP contribution is -2.54. The summed E-state index contributed by atoms with van der Waals surface area (Å²) in [5.41, 5.74) is 2.51. The summed E-state index contributed by atoms with van der Waals surface area (Å²) < 4.78 is 0. The maximum absolute atomic E-state index is 13.1. The Morgan fingerprint density at radius 3 is 2.33 bits per heavy atom. The summed E-state index contributed by atoms with van der Waals surface area (Å²) in [5, 5.41) is 11.0. The summed E-state index contributed by atoms with van der Waals surface area (Å²) in [6.45, 7) is 4.52. The first-order chi connectivity index (χ1) is 14.3. The molecule has 4 fully saturated rings. The summed E-state index contributed by atoms with van der Waals surface area (Å²) in [4.78, 5) is 15.2. The molecule has 0 heterocycles. The fraction of sp³-hybridized carbons (Fsp3) is 0.741. The molecule has 0 bridgehead atoms. The molecule has 3 heteroatoms. The van der Waals surface area contributed by atoms with E-state index >= 15 is 0 Å². The lowest BCUT2D eigenvalue weighted by atomic mass is 9.46. The van der Waals surface area contributed by atoms with Crippen LogP contribution in [0.2, 0.25) is 0 Å². The number of hydrogen-bond acceptors (Lipinski definition) is 3. The number of aliphatic hydroxyl groups is 1. The van der Waals surface area contributed by atoms with Crippen molar-refractivity contribution >= 4 is 11.5 Å². The van der Waals surface area contributed by atoms with Gasteiger partial charge in [-0.15, -0.1) is 0 Å². The van der Waals surface area contributed by atoms with Crippen molar-refractivity contribution in [3.8, 4) is 0 Å². The molecule has 1 N–H and O–H groups in total. The Morgan fingerprint density at radius 2 is 1.63 bits per heavy atom. The van der Waals surface area contributed by atoms with E-state index in [1.165, 1.54) is 24.1 Å². The van der Waals surface area contributed by atoms with Crippen molar-refractivity contribution in [1.82, 2.24) is 0 Å². The average molecular weight is 410 g/mol. The number of aliphatic hydroxyl groups excluding tert-OH is 1. The number of nitrogens with zero attached hydrogens (tertiary/aromatic N) is 1. The number of hydrogen-bond donors (Lipinski definition) is 1. The van der Waals surface area contributed by atoms with E-state index in [4.69, 9.17) is 0 Å². The summed E-state index contributed by atoms with van der Waals surface area (Å²) in [6, 6.07) is 9.14. The van der Waals surface area contributed by atoms with E-state index in [2.05, 4.69) is 57.1 Å². The third-order valence-corrected chi connectivity index (χ3v) is 9.95. The van der Waals surface area contributed by atoms with Gasteiger partial charge >= 0.3 is 0 Å². The maximum atomic E-state index is 13.1. The molecule has 3 nitrogen and oxygen atoms in total. The van der Waals surface area contributed by atoms with E-state index in [-0.39, 0.29) is 11.5 Å². The molecule has 4 saturated carbocycles. The molecule has 0 radical (unpaired) electrons. The van der Waals surface area contributed by atoms with Crippen LogP contribution in [0.15, 0.2) is 24.3 Å². The molecule has 1 unspecified atom stereocenters. The molecule has 0 spiro atoms. The number of fused-ring (bicyclic) bond motifs is 5. The molecule has 9 atom stereocenters. The zero-order chi connectivity index (χ0) is 21.2. The number of anilines is 1. The second-order valence-corrected chi connectivity index (χ2v) is 11.5. The third kappa shape index (κ3) is 2.98. The smallest absolute Gasteiger partial charge is 0.139 e. The van der Waals surface area contributed by atoms with Crippen LogP contribution < -0.4 is 4.90 Å². The van der Waals surface area contributed by atoms with Gasteiger partial charge < -0.3 is 10.0 Å². The zero-order valence-electron chi connectivity index (χ0n) is 19.2. The molecule has 30 heavy (non-hydrogen) atoms. The van der Waals surface area contributed by atoms with Crippen molar-refractivity contribution in [1.29, 1.82) is 0 Å². The first kappa shape index (κ1) is 20.5. The number of rotatable bonds is 2. The van der Waals surface area contributed by atoms with Gasteiger partial charge in [0.15, 0.2) is 0 Å². The lowest BCUT2D eigenvalue weighted by Gasteiger charge is -2.58. The molecular weight excluding hydrogens is 370 g/mol. The topological polar surface area (TPSA) is 40.5 Å². The van der Waals surface area contributed by atoms with Gasteiger partial charge in [-0.1, -0.05) is 26.0 Å². The van der Waals surface area contributed by atoms with Gasteiger partial charge in [-0.2, -0.15) is 0 Å². The van der Waals surface area contributed by atoms with Gasteiger partial charge in [-0.05, 0) is 97.6 Å². The second-order valence-electron chi connectivity index (χ2n) is 11.5. The molecule has 4 aliphatic rings. The van der Waals surface area contributed by atoms with Gasteiger partial charge in [0.1, 0.15) is 5.78 Å². The minimum absolute atomic E-state index is 0.139. The third-order valence-electron chi connectivity index (χ3n) is 9.95. The lowest BCUT2D eigenvalue weighted by molar-refractivity contribution is -0.139. The zero-order valence-corrected chi connectivity index (χ0v) is 19.2. The predicted octanol–water partition coefficient (Wildman–Crippen LogP) is 5.27. The predicted molar refractivity (Wildman–Crippen MR) is 122 cm³/mol. The van der Waals surface area contributed by atoms with Crippen molar-refractivity contribution in [2.24, 2.45) is 40.9 Å². The largest absolute Gasteiger partial charge is 0.393 e. The van der Waals surface area contributed by atoms with Crippen LogP contribution in [0.25, 0.3) is 0 Å². The van der Waals surface area contributed by atoms with Gasteiger partial charge in [0.05, 0.1) is 6.10 Å². The van der Waals surface area contributed by atoms with Crippen molar-refractivity contribution in [3.05, 3.63) is 29.8 Å². The number of benzene rings is 1. The maximum Gasteiger partial charge on any atom is 0.139 e. The van der Waals surface area contributed by atoms with Crippen molar-refractivity contribution in [2.75, 3.05) is 19.0 Å². The fourth-order valence-electron chi connectivity index (χ4n) is 8.34. The van der Waals surface area contributed by atoms with E-state index in [9.17, 15) is 9.90 Å². The number of carbonyl (C=O) groups is 1. The van der Waals surface area contributed by atoms with Crippen LogP contribution >= 0.6 is 0 Å². The summed E-state index contributed by atoms with van der Waals surface area (Å²) >= 11 is 0. The second kappa shape index (κ2) is 7.36. The molecular formula is C27H39NO2. The highest BCUT2D eigenvalue weighted by Gasteiger charge is 2.60. The highest BCUT2D eigenvalue weighted by atomic mass is 16.3. The highest BCUT2D eigenvalue weighted by molar-refractivity contribution is 5.87. The quantitative estimate of drug-likeness (QED) is 0.723. The molecule has 0 saturated heterocycles. The first-order valence-corrected chi connectivity index (χ1v) is 12.3. The van der Waals surface area contributed by atoms with Gasteiger partial charge in [0.2, 0.25) is 0 Å². The Hall–Kier alpha value is -1.35. The van der Waals surface area contributed by atoms with Crippen LogP contribution in [0.5, 0.6) is 0 Å². The van der Waals surface area contributed by atoms with Crippen molar-refractivity contribution in [2.45, 2.75) is 70.8 Å². The van der Waals surface area contributed by atoms with Crippen LogP contribution in [0.4, 0.5) is 5.69 Å². The monoisotopic (exact) mass is 409 g/mol. The normalized spacial score (nSPS) is 45.4. The fourth-order valence-corrected chi connectivity index (χ4v) is 8.34. The minimum Gasteiger partial charge on any atom is -0.393 e. The SMILES string of the molecule is C[C@H]1CC[C@H]2C(CC[C@@H]3[C@@H]2[C@@H](c2ccc(N(C)C)cc2)C[C@]2(C)C(=O)CC[C@@H]32)[C@@H]1O. The molecule has 0 amide bonds. The van der Waals surface area contributed by atoms with Gasteiger partial charge in [-0.25, -0.2) is 0 Å². The van der Waals surface area contributed by atoms with E-state index < -0.39 is 0 Å². The Kier molecular flexibility index (Phi) is 5.04. The summed E-state index contributed by atoms with van der Waals surface area (Å²) in [5.74, 6) is 4.31. The standard InChI is InChI=1S/C27H39NO2/c1-16-5-10-19-20(26(16)30)11-12-21-23-13-14-24(29)27(23,2)15-22(25(19)21)17-6-8-18(9-7-17)28(3)4/h6-9,16,19-23,25-26,30H,5,10-15H2,1-4H3/t16-,19-,20?,21-,22+,23-,25+,26+,27-/m0/s1. The van der Waals surface area contributed by atoms with Gasteiger partial charge in [-0.3, -0.25) is 4.79 Å². The van der Waals surface area contributed by atoms with Crippen LogP contribution in [0.3, 0.4) is 0 Å². The Bertz CT molecular complexity index is 802. The van der Waals surface area contributed by atoms with E-state index in [1.54, 1.807) is 0 Å². The highest BCUT2D eigenvalue weighted by Crippen LogP contribution is 2.65. The molecule has 0 aliphatic heterocycles. The van der Waals surface area contributed by atoms with Crippen LogP contribution in [0, 0.1) is 40.9 Å². The van der Waals surface area contributed by atoms with Crippen molar-refractivity contribution in [3.63, 3.8) is 0 Å². The minimum atomic E-state index is -0.139. The average Bonchev–Trinajstić information content (AvgIpc) is 3.04. The summed E-state index contributed by atoms with van der Waals surface area (Å²) in [7, 11) is 4.18. The van der Waals surface area contributed by atoms with Crippen LogP contribution in [0.1, 0.15) is 70.3 Å². The molecule has 164 valence electrons. The van der Waals surface area contributed by atoms with Crippen LogP contribution in [-0.2, 0) is 4.79 Å². The Labute approximate surface area is 182 Å². The van der Waals surface area contributed by atoms with Crippen LogP contribution in [-0.4, -0.2) is 31.1 Å². The Morgan fingerprint density at radius 1 is 0.967 bits per heavy atom. The molecule has 5 rings (SSSR count). The molecule has 0 aromatic heterocycles. The van der Waals surface area contributed by atoms with E-state index in [0.717, 1.165) is 32.1 Å². The number of ketones is 1. The Balaban J connectivity index is 1.55. The van der Waals surface area contributed by atoms with Gasteiger partial charge in [0.25, 0.3) is 0 Å². The molecule has 4 aliphatic carbocycles. The molecule has 1 aromatic carbocycles. The van der Waals surface area contributed by atoms with Gasteiger partial charge in [0, 0.05) is 31.6 Å². The first-order valence-electron chi connectivity index (χ1n) is 12.3. The number of Topliss-reactive ketones (excluding diaryl/α,β-unsaturated/α-hetero) is 1. The van der Waals surface area contributed by atoms with E-state index in [1.807, 2.05) is 0 Å². The van der Waals surface area contributed by atoms with E-state index in [0.29, 0.717) is 47.2 Å². The molecule has 1 aromatic rings. The summed E-state index contributed by atoms with van der Waals surface area (Å²) in [6.07, 6.45) is 7.52. The number of carbonyl (C=O) groups excluding carboxylic acids is 1. The van der Waals surface area contributed by atoms with Crippen molar-refractivity contribution < 1.29 is 9.90 Å².